The van der Waals surface area contributed by atoms with Crippen molar-refractivity contribution in [2.75, 3.05) is 43.6 Å². The van der Waals surface area contributed by atoms with Crippen LogP contribution < -0.4 is 15.5 Å². The number of nitrogens with one attached hydrogen (secondary N) is 2. The standard InChI is InChI=1S/C22H26FN3O3/c1-29-14-4-11-24-22(28)19-15-18(9-10-20(19)26-12-2-3-13-26)25-21(27)16-5-7-17(23)8-6-16/h5-10,15H,2-4,11-14H2,1H3,(H,24,28)(H,25,27). The molecule has 2 amide bonds. The first-order valence-electron chi connectivity index (χ1n) is 9.81. The molecule has 0 atom stereocenters. The minimum absolute atomic E-state index is 0.180. The molecular weight excluding hydrogens is 373 g/mol. The lowest BCUT2D eigenvalue weighted by molar-refractivity contribution is 0.0947. The molecular formula is C22H26FN3O3. The molecule has 0 aliphatic carbocycles. The lowest BCUT2D eigenvalue weighted by atomic mass is 10.1. The molecule has 1 aliphatic heterocycles. The first-order valence-corrected chi connectivity index (χ1v) is 9.81. The van der Waals surface area contributed by atoms with Gasteiger partial charge >= 0.3 is 0 Å². The average Bonchev–Trinajstić information content (AvgIpc) is 3.26. The van der Waals surface area contributed by atoms with Gasteiger partial charge < -0.3 is 20.3 Å². The Kier molecular flexibility index (Phi) is 7.19. The van der Waals surface area contributed by atoms with Crippen LogP contribution in [-0.4, -0.2) is 45.2 Å². The summed E-state index contributed by atoms with van der Waals surface area (Å²) < 4.78 is 18.1. The number of anilines is 2. The molecule has 0 saturated carbocycles. The average molecular weight is 399 g/mol. The molecule has 1 heterocycles. The largest absolute Gasteiger partial charge is 0.385 e. The van der Waals surface area contributed by atoms with Crippen molar-refractivity contribution in [3.63, 3.8) is 0 Å². The van der Waals surface area contributed by atoms with Crippen molar-refractivity contribution in [1.29, 1.82) is 0 Å². The van der Waals surface area contributed by atoms with Crippen molar-refractivity contribution in [3.8, 4) is 0 Å². The maximum Gasteiger partial charge on any atom is 0.255 e. The lowest BCUT2D eigenvalue weighted by Gasteiger charge is -2.22. The number of carbonyl (C=O) groups is 2. The first-order chi connectivity index (χ1) is 14.1. The first kappa shape index (κ1) is 20.8. The number of rotatable bonds is 8. The Morgan fingerprint density at radius 3 is 2.48 bits per heavy atom. The fourth-order valence-corrected chi connectivity index (χ4v) is 3.35. The highest BCUT2D eigenvalue weighted by molar-refractivity contribution is 6.06. The number of carbonyl (C=O) groups excluding carboxylic acids is 2. The Morgan fingerprint density at radius 2 is 1.79 bits per heavy atom. The number of hydrogen-bond acceptors (Lipinski definition) is 4. The molecule has 0 radical (unpaired) electrons. The summed E-state index contributed by atoms with van der Waals surface area (Å²) in [5, 5.41) is 5.70. The van der Waals surface area contributed by atoms with Gasteiger partial charge in [0.2, 0.25) is 0 Å². The molecule has 2 aromatic rings. The van der Waals surface area contributed by atoms with E-state index in [4.69, 9.17) is 4.74 Å². The van der Waals surface area contributed by atoms with E-state index < -0.39 is 5.82 Å². The Balaban J connectivity index is 1.78. The smallest absolute Gasteiger partial charge is 0.255 e. The van der Waals surface area contributed by atoms with E-state index >= 15 is 0 Å². The Bertz CT molecular complexity index is 849. The summed E-state index contributed by atoms with van der Waals surface area (Å²) >= 11 is 0. The highest BCUT2D eigenvalue weighted by Crippen LogP contribution is 2.28. The number of hydrogen-bond donors (Lipinski definition) is 2. The van der Waals surface area contributed by atoms with Gasteiger partial charge in [0.1, 0.15) is 5.82 Å². The van der Waals surface area contributed by atoms with Gasteiger partial charge in [-0.2, -0.15) is 0 Å². The number of benzene rings is 2. The summed E-state index contributed by atoms with van der Waals surface area (Å²) in [6.45, 7) is 2.90. The molecule has 1 aliphatic rings. The fraction of sp³-hybridized carbons (Fsp3) is 0.364. The number of halogens is 1. The van der Waals surface area contributed by atoms with Gasteiger partial charge in [0.25, 0.3) is 11.8 Å². The van der Waals surface area contributed by atoms with Gasteiger partial charge in [-0.15, -0.1) is 0 Å². The van der Waals surface area contributed by atoms with Crippen LogP contribution in [0.2, 0.25) is 0 Å². The lowest BCUT2D eigenvalue weighted by Crippen LogP contribution is -2.29. The second-order valence-corrected chi connectivity index (χ2v) is 6.99. The van der Waals surface area contributed by atoms with E-state index in [0.717, 1.165) is 38.0 Å². The Hall–Kier alpha value is -2.93. The molecule has 6 nitrogen and oxygen atoms in total. The highest BCUT2D eigenvalue weighted by atomic mass is 19.1. The topological polar surface area (TPSA) is 70.7 Å². The monoisotopic (exact) mass is 399 g/mol. The van der Waals surface area contributed by atoms with Gasteiger partial charge in [-0.1, -0.05) is 0 Å². The number of nitrogens with zero attached hydrogens (tertiary/aromatic N) is 1. The van der Waals surface area contributed by atoms with Crippen molar-refractivity contribution in [3.05, 3.63) is 59.4 Å². The number of amides is 2. The Labute approximate surface area is 170 Å². The molecule has 0 aromatic heterocycles. The van der Waals surface area contributed by atoms with Crippen molar-refractivity contribution in [2.45, 2.75) is 19.3 Å². The quantitative estimate of drug-likeness (QED) is 0.667. The Morgan fingerprint density at radius 1 is 1.07 bits per heavy atom. The van der Waals surface area contributed by atoms with Crippen molar-refractivity contribution in [2.24, 2.45) is 0 Å². The van der Waals surface area contributed by atoms with Gasteiger partial charge in [0.15, 0.2) is 0 Å². The van der Waals surface area contributed by atoms with E-state index in [-0.39, 0.29) is 11.8 Å². The van der Waals surface area contributed by atoms with Crippen molar-refractivity contribution in [1.82, 2.24) is 5.32 Å². The minimum atomic E-state index is -0.399. The predicted molar refractivity (Wildman–Crippen MR) is 111 cm³/mol. The van der Waals surface area contributed by atoms with E-state index in [1.807, 2.05) is 6.07 Å². The molecule has 29 heavy (non-hydrogen) atoms. The van der Waals surface area contributed by atoms with Gasteiger partial charge in [0, 0.05) is 50.3 Å². The van der Waals surface area contributed by atoms with Crippen LogP contribution in [0, 0.1) is 5.82 Å². The van der Waals surface area contributed by atoms with Crippen LogP contribution in [0.4, 0.5) is 15.8 Å². The summed E-state index contributed by atoms with van der Waals surface area (Å²) in [7, 11) is 1.63. The fourth-order valence-electron chi connectivity index (χ4n) is 3.35. The van der Waals surface area contributed by atoms with E-state index in [9.17, 15) is 14.0 Å². The van der Waals surface area contributed by atoms with E-state index in [1.54, 1.807) is 19.2 Å². The molecule has 1 fully saturated rings. The number of ether oxygens (including phenoxy) is 1. The third kappa shape index (κ3) is 5.54. The third-order valence-corrected chi connectivity index (χ3v) is 4.86. The number of methoxy groups -OCH3 is 1. The van der Waals surface area contributed by atoms with Crippen LogP contribution in [-0.2, 0) is 4.74 Å². The minimum Gasteiger partial charge on any atom is -0.385 e. The van der Waals surface area contributed by atoms with Gasteiger partial charge in [0.05, 0.1) is 5.56 Å². The SMILES string of the molecule is COCCCNC(=O)c1cc(NC(=O)c2ccc(F)cc2)ccc1N1CCCC1. The van der Waals surface area contributed by atoms with Gasteiger partial charge in [-0.05, 0) is 61.7 Å². The van der Waals surface area contributed by atoms with Crippen LogP contribution >= 0.6 is 0 Å². The van der Waals surface area contributed by atoms with Crippen LogP contribution in [0.15, 0.2) is 42.5 Å². The second kappa shape index (κ2) is 10.0. The zero-order valence-corrected chi connectivity index (χ0v) is 16.5. The molecule has 2 aromatic carbocycles. The van der Waals surface area contributed by atoms with Gasteiger partial charge in [-0.3, -0.25) is 9.59 Å². The van der Waals surface area contributed by atoms with Crippen molar-refractivity contribution < 1.29 is 18.7 Å². The molecule has 0 bridgehead atoms. The molecule has 1 saturated heterocycles. The second-order valence-electron chi connectivity index (χ2n) is 6.99. The molecule has 0 unspecified atom stereocenters. The van der Waals surface area contributed by atoms with E-state index in [0.29, 0.717) is 30.0 Å². The molecule has 7 heteroatoms. The summed E-state index contributed by atoms with van der Waals surface area (Å²) in [5.74, 6) is -0.935. The summed E-state index contributed by atoms with van der Waals surface area (Å²) in [6.07, 6.45) is 2.91. The van der Waals surface area contributed by atoms with Crippen LogP contribution in [0.3, 0.4) is 0 Å². The van der Waals surface area contributed by atoms with Gasteiger partial charge in [-0.25, -0.2) is 4.39 Å². The maximum absolute atomic E-state index is 13.1. The van der Waals surface area contributed by atoms with E-state index in [1.165, 1.54) is 24.3 Å². The summed E-state index contributed by atoms with van der Waals surface area (Å²) in [6, 6.07) is 10.7. The van der Waals surface area contributed by atoms with Crippen molar-refractivity contribution >= 4 is 23.2 Å². The maximum atomic E-state index is 13.1. The predicted octanol–water partition coefficient (Wildman–Crippen LogP) is 3.44. The summed E-state index contributed by atoms with van der Waals surface area (Å²) in [5.41, 5.74) is 2.26. The molecule has 0 spiro atoms. The van der Waals surface area contributed by atoms with Crippen LogP contribution in [0.25, 0.3) is 0 Å². The summed E-state index contributed by atoms with van der Waals surface area (Å²) in [4.78, 5) is 27.4. The molecule has 2 N–H and O–H groups in total. The highest BCUT2D eigenvalue weighted by Gasteiger charge is 2.20. The third-order valence-electron chi connectivity index (χ3n) is 4.86. The zero-order chi connectivity index (χ0) is 20.6. The normalized spacial score (nSPS) is 13.4. The van der Waals surface area contributed by atoms with Crippen LogP contribution in [0.1, 0.15) is 40.0 Å². The van der Waals surface area contributed by atoms with E-state index in [2.05, 4.69) is 15.5 Å². The van der Waals surface area contributed by atoms with Crippen LogP contribution in [0.5, 0.6) is 0 Å². The molecule has 154 valence electrons. The zero-order valence-electron chi connectivity index (χ0n) is 16.5. The molecule has 3 rings (SSSR count).